The molecule has 146 valence electrons. The number of hydrogen-bond acceptors (Lipinski definition) is 5. The zero-order valence-corrected chi connectivity index (χ0v) is 16.3. The van der Waals surface area contributed by atoms with E-state index in [1.54, 1.807) is 54.6 Å². The average molecular weight is 411 g/mol. The molecule has 2 atom stereocenters. The Morgan fingerprint density at radius 2 is 1.85 bits per heavy atom. The van der Waals surface area contributed by atoms with Gasteiger partial charge in [0.25, 0.3) is 5.91 Å². The second-order valence-electron chi connectivity index (χ2n) is 6.47. The molecule has 1 aliphatic heterocycles. The van der Waals surface area contributed by atoms with Crippen molar-refractivity contribution in [2.75, 3.05) is 19.6 Å². The van der Waals surface area contributed by atoms with E-state index in [2.05, 4.69) is 10.6 Å². The summed E-state index contributed by atoms with van der Waals surface area (Å²) in [5.74, 6) is -0.452. The lowest BCUT2D eigenvalue weighted by Crippen LogP contribution is -2.34. The zero-order valence-electron chi connectivity index (χ0n) is 14.7. The largest absolute Gasteiger partial charge is 0.391 e. The van der Waals surface area contributed by atoms with Gasteiger partial charge in [-0.3, -0.25) is 4.79 Å². The van der Waals surface area contributed by atoms with Crippen LogP contribution in [0.5, 0.6) is 0 Å². The smallest absolute Gasteiger partial charge is 0.251 e. The molecular weight excluding hydrogens is 388 g/mol. The minimum absolute atomic E-state index is 0. The van der Waals surface area contributed by atoms with E-state index in [0.717, 1.165) is 0 Å². The van der Waals surface area contributed by atoms with E-state index in [-0.39, 0.29) is 34.9 Å². The first kappa shape index (κ1) is 21.4. The van der Waals surface area contributed by atoms with Gasteiger partial charge in [0.05, 0.1) is 16.8 Å². The molecule has 2 aromatic carbocycles. The van der Waals surface area contributed by atoms with Gasteiger partial charge in [-0.15, -0.1) is 12.4 Å². The van der Waals surface area contributed by atoms with Gasteiger partial charge in [-0.1, -0.05) is 30.3 Å². The molecule has 3 rings (SSSR count). The molecule has 0 spiro atoms. The number of carbonyl (C=O) groups excluding carboxylic acids is 1. The Hall–Kier alpha value is -1.93. The van der Waals surface area contributed by atoms with Gasteiger partial charge in [0.1, 0.15) is 0 Å². The summed E-state index contributed by atoms with van der Waals surface area (Å²) >= 11 is 0. The summed E-state index contributed by atoms with van der Waals surface area (Å²) in [6.45, 7) is 1.57. The third-order valence-electron chi connectivity index (χ3n) is 4.48. The fraction of sp³-hybridized carbons (Fsp3) is 0.316. The molecule has 8 heteroatoms. The third kappa shape index (κ3) is 5.52. The van der Waals surface area contributed by atoms with Crippen molar-refractivity contribution < 1.29 is 18.3 Å². The predicted molar refractivity (Wildman–Crippen MR) is 106 cm³/mol. The number of halogens is 1. The van der Waals surface area contributed by atoms with Gasteiger partial charge in [-0.05, 0) is 29.8 Å². The van der Waals surface area contributed by atoms with Gasteiger partial charge in [0.15, 0.2) is 9.84 Å². The summed E-state index contributed by atoms with van der Waals surface area (Å²) in [5.41, 5.74) is 0.968. The third-order valence-corrected chi connectivity index (χ3v) is 6.18. The highest BCUT2D eigenvalue weighted by atomic mass is 35.5. The van der Waals surface area contributed by atoms with Crippen LogP contribution in [0.15, 0.2) is 59.5 Å². The molecule has 0 aliphatic carbocycles. The number of rotatable bonds is 6. The molecule has 0 radical (unpaired) electrons. The van der Waals surface area contributed by atoms with Crippen molar-refractivity contribution in [2.24, 2.45) is 5.92 Å². The Bertz CT molecular complexity index is 874. The topological polar surface area (TPSA) is 95.5 Å². The number of sulfone groups is 1. The van der Waals surface area contributed by atoms with Crippen LogP contribution in [0.2, 0.25) is 0 Å². The van der Waals surface area contributed by atoms with Crippen LogP contribution < -0.4 is 10.6 Å². The first-order valence-corrected chi connectivity index (χ1v) is 10.1. The molecule has 6 nitrogen and oxygen atoms in total. The van der Waals surface area contributed by atoms with Crippen molar-refractivity contribution in [3.05, 3.63) is 65.7 Å². The molecule has 3 N–H and O–H groups in total. The van der Waals surface area contributed by atoms with Gasteiger partial charge in [0.2, 0.25) is 0 Å². The Labute approximate surface area is 165 Å². The number of amides is 1. The second kappa shape index (κ2) is 9.32. The number of carbonyl (C=O) groups is 1. The average Bonchev–Trinajstić information content (AvgIpc) is 3.05. The van der Waals surface area contributed by atoms with Crippen LogP contribution in [-0.2, 0) is 15.6 Å². The molecule has 1 fully saturated rings. The van der Waals surface area contributed by atoms with Gasteiger partial charge >= 0.3 is 0 Å². The maximum atomic E-state index is 12.5. The van der Waals surface area contributed by atoms with E-state index in [1.165, 1.54) is 0 Å². The van der Waals surface area contributed by atoms with E-state index >= 15 is 0 Å². The normalized spacial score (nSPS) is 19.3. The summed E-state index contributed by atoms with van der Waals surface area (Å²) in [6.07, 6.45) is -0.461. The van der Waals surface area contributed by atoms with Crippen molar-refractivity contribution in [1.29, 1.82) is 0 Å². The molecule has 2 aromatic rings. The number of benzene rings is 2. The maximum absolute atomic E-state index is 12.5. The summed E-state index contributed by atoms with van der Waals surface area (Å²) < 4.78 is 25.0. The molecule has 0 saturated carbocycles. The second-order valence-corrected chi connectivity index (χ2v) is 8.46. The molecular formula is C19H23ClN2O4S. The van der Waals surface area contributed by atoms with Crippen LogP contribution >= 0.6 is 12.4 Å². The number of aliphatic hydroxyl groups is 1. The van der Waals surface area contributed by atoms with Crippen LogP contribution in [0.4, 0.5) is 0 Å². The summed E-state index contributed by atoms with van der Waals surface area (Å²) in [6, 6.07) is 14.9. The molecule has 1 heterocycles. The van der Waals surface area contributed by atoms with Gasteiger partial charge < -0.3 is 15.7 Å². The maximum Gasteiger partial charge on any atom is 0.251 e. The molecule has 2 unspecified atom stereocenters. The Kier molecular flexibility index (Phi) is 7.38. The van der Waals surface area contributed by atoms with Crippen molar-refractivity contribution in [3.8, 4) is 0 Å². The Morgan fingerprint density at radius 3 is 2.52 bits per heavy atom. The lowest BCUT2D eigenvalue weighted by molar-refractivity contribution is 0.0927. The van der Waals surface area contributed by atoms with Crippen LogP contribution in [-0.4, -0.2) is 45.2 Å². The van der Waals surface area contributed by atoms with Crippen molar-refractivity contribution in [2.45, 2.75) is 16.8 Å². The van der Waals surface area contributed by atoms with Crippen molar-refractivity contribution >= 4 is 28.2 Å². The summed E-state index contributed by atoms with van der Waals surface area (Å²) in [7, 11) is -3.46. The number of hydrogen-bond donors (Lipinski definition) is 3. The number of nitrogens with one attached hydrogen (secondary N) is 2. The summed E-state index contributed by atoms with van der Waals surface area (Å²) in [5, 5.41) is 15.6. The predicted octanol–water partition coefficient (Wildman–Crippen LogP) is 1.39. The van der Waals surface area contributed by atoms with Crippen LogP contribution in [0, 0.1) is 5.92 Å². The fourth-order valence-corrected chi connectivity index (χ4v) is 4.34. The van der Waals surface area contributed by atoms with E-state index < -0.39 is 15.9 Å². The molecule has 0 aromatic heterocycles. The summed E-state index contributed by atoms with van der Waals surface area (Å²) in [4.78, 5) is 12.6. The van der Waals surface area contributed by atoms with Crippen LogP contribution in [0.1, 0.15) is 15.9 Å². The lowest BCUT2D eigenvalue weighted by atomic mass is 10.1. The highest BCUT2D eigenvalue weighted by Gasteiger charge is 2.25. The van der Waals surface area contributed by atoms with Gasteiger partial charge in [-0.2, -0.15) is 0 Å². The zero-order chi connectivity index (χ0) is 18.6. The van der Waals surface area contributed by atoms with E-state index in [9.17, 15) is 18.3 Å². The minimum Gasteiger partial charge on any atom is -0.391 e. The Balaban J connectivity index is 0.00000261. The van der Waals surface area contributed by atoms with E-state index in [0.29, 0.717) is 30.8 Å². The Morgan fingerprint density at radius 1 is 1.11 bits per heavy atom. The quantitative estimate of drug-likeness (QED) is 0.669. The number of aliphatic hydroxyl groups excluding tert-OH is 1. The first-order valence-electron chi connectivity index (χ1n) is 8.49. The van der Waals surface area contributed by atoms with Crippen molar-refractivity contribution in [3.63, 3.8) is 0 Å². The monoisotopic (exact) mass is 410 g/mol. The molecule has 1 amide bonds. The van der Waals surface area contributed by atoms with Gasteiger partial charge in [0, 0.05) is 31.1 Å². The van der Waals surface area contributed by atoms with Gasteiger partial charge in [-0.25, -0.2) is 8.42 Å². The highest BCUT2D eigenvalue weighted by Crippen LogP contribution is 2.17. The van der Waals surface area contributed by atoms with E-state index in [1.807, 2.05) is 0 Å². The molecule has 0 bridgehead atoms. The molecule has 1 saturated heterocycles. The first-order chi connectivity index (χ1) is 12.5. The van der Waals surface area contributed by atoms with E-state index in [4.69, 9.17) is 0 Å². The van der Waals surface area contributed by atoms with Crippen LogP contribution in [0.25, 0.3) is 0 Å². The number of β-amino-alcohol motifs (C(OH)–C–C–N with tert-alkyl or cyclic N) is 1. The lowest BCUT2D eigenvalue weighted by Gasteiger charge is -2.14. The highest BCUT2D eigenvalue weighted by molar-refractivity contribution is 7.90. The van der Waals surface area contributed by atoms with Crippen molar-refractivity contribution in [1.82, 2.24) is 10.6 Å². The standard InChI is InChI=1S/C19H22N2O4S.ClH/c22-18-12-20-10-16(18)11-21-19(23)15-6-4-5-14(9-15)13-26(24,25)17-7-2-1-3-8-17;/h1-9,16,18,20,22H,10-13H2,(H,21,23);1H. The molecule has 27 heavy (non-hydrogen) atoms. The minimum atomic E-state index is -3.46. The molecule has 1 aliphatic rings. The fourth-order valence-electron chi connectivity index (χ4n) is 2.99. The SMILES string of the molecule is Cl.O=C(NCC1CNCC1O)c1cccc(CS(=O)(=O)c2ccccc2)c1. The van der Waals surface area contributed by atoms with Crippen LogP contribution in [0.3, 0.4) is 0 Å².